The van der Waals surface area contributed by atoms with Crippen molar-refractivity contribution in [3.8, 4) is 0 Å². The van der Waals surface area contributed by atoms with E-state index < -0.39 is 0 Å². The summed E-state index contributed by atoms with van der Waals surface area (Å²) in [6, 6.07) is 8.81. The number of hydrogen-bond donors (Lipinski definition) is 0. The fourth-order valence-electron chi connectivity index (χ4n) is 2.56. The van der Waals surface area contributed by atoms with Gasteiger partial charge in [0, 0.05) is 19.8 Å². The van der Waals surface area contributed by atoms with Crippen molar-refractivity contribution in [1.29, 1.82) is 0 Å². The molecule has 0 aromatic heterocycles. The lowest BCUT2D eigenvalue weighted by atomic mass is 9.86. The van der Waals surface area contributed by atoms with Crippen LogP contribution in [0.3, 0.4) is 0 Å². The van der Waals surface area contributed by atoms with Gasteiger partial charge in [-0.2, -0.15) is 0 Å². The molecule has 1 nitrogen and oxygen atoms in total. The minimum atomic E-state index is 0.281. The zero-order valence-corrected chi connectivity index (χ0v) is 11.0. The normalized spacial score (nSPS) is 20.6. The van der Waals surface area contributed by atoms with Crippen LogP contribution in [-0.2, 0) is 5.41 Å². The van der Waals surface area contributed by atoms with Gasteiger partial charge in [0.15, 0.2) is 0 Å². The average Bonchev–Trinajstić information content (AvgIpc) is 2.51. The van der Waals surface area contributed by atoms with Gasteiger partial charge in [-0.3, -0.25) is 0 Å². The second kappa shape index (κ2) is 3.65. The lowest BCUT2D eigenvalue weighted by Crippen LogP contribution is -2.13. The van der Waals surface area contributed by atoms with E-state index in [1.165, 1.54) is 22.4 Å². The van der Waals surface area contributed by atoms with Gasteiger partial charge in [-0.15, -0.1) is 0 Å². The quantitative estimate of drug-likeness (QED) is 0.691. The van der Waals surface area contributed by atoms with E-state index in [0.29, 0.717) is 0 Å². The highest BCUT2D eigenvalue weighted by Crippen LogP contribution is 2.46. The van der Waals surface area contributed by atoms with Gasteiger partial charge in [0.1, 0.15) is 0 Å². The molecule has 1 aromatic carbocycles. The van der Waals surface area contributed by atoms with Crippen LogP contribution in [0.4, 0.5) is 0 Å². The predicted molar refractivity (Wildman–Crippen MR) is 70.4 cm³/mol. The van der Waals surface area contributed by atoms with Gasteiger partial charge in [-0.05, 0) is 35.5 Å². The predicted octanol–water partition coefficient (Wildman–Crippen LogP) is 3.66. The van der Waals surface area contributed by atoms with Crippen LogP contribution in [0.25, 0.3) is 5.57 Å². The highest BCUT2D eigenvalue weighted by Gasteiger charge is 2.33. The Morgan fingerprint density at radius 1 is 1.19 bits per heavy atom. The van der Waals surface area contributed by atoms with Gasteiger partial charge in [-0.25, -0.2) is 0 Å². The second-order valence-corrected chi connectivity index (χ2v) is 5.56. The van der Waals surface area contributed by atoms with E-state index in [0.717, 1.165) is 6.42 Å². The first-order valence-corrected chi connectivity index (χ1v) is 5.90. The van der Waals surface area contributed by atoms with Crippen molar-refractivity contribution in [3.05, 3.63) is 41.1 Å². The Bertz CT molecular complexity index is 439. The van der Waals surface area contributed by atoms with Crippen LogP contribution in [0.5, 0.6) is 0 Å². The molecule has 1 aromatic rings. The zero-order valence-electron chi connectivity index (χ0n) is 11.0. The number of benzene rings is 1. The van der Waals surface area contributed by atoms with Gasteiger partial charge in [-0.1, -0.05) is 38.1 Å². The third kappa shape index (κ3) is 1.64. The summed E-state index contributed by atoms with van der Waals surface area (Å²) >= 11 is 0. The third-order valence-corrected chi connectivity index (χ3v) is 3.71. The Balaban J connectivity index is 2.61. The number of rotatable bonds is 1. The van der Waals surface area contributed by atoms with Crippen LogP contribution in [-0.4, -0.2) is 19.0 Å². The van der Waals surface area contributed by atoms with Crippen LogP contribution in [0.2, 0.25) is 0 Å². The summed E-state index contributed by atoms with van der Waals surface area (Å²) in [6.45, 7) is 6.89. The molecule has 0 bridgehead atoms. The summed E-state index contributed by atoms with van der Waals surface area (Å²) in [5.74, 6) is 0. The van der Waals surface area contributed by atoms with Gasteiger partial charge in [0.25, 0.3) is 0 Å². The number of hydrogen-bond acceptors (Lipinski definition) is 1. The smallest absolute Gasteiger partial charge is 0.0135 e. The third-order valence-electron chi connectivity index (χ3n) is 3.71. The summed E-state index contributed by atoms with van der Waals surface area (Å²) < 4.78 is 0. The molecule has 1 heteroatoms. The highest BCUT2D eigenvalue weighted by atomic mass is 15.1. The van der Waals surface area contributed by atoms with Crippen LogP contribution < -0.4 is 0 Å². The zero-order chi connectivity index (χ0) is 11.9. The van der Waals surface area contributed by atoms with Crippen molar-refractivity contribution in [3.63, 3.8) is 0 Å². The molecular formula is C15H21N. The topological polar surface area (TPSA) is 3.24 Å². The molecule has 0 heterocycles. The molecule has 1 aliphatic carbocycles. The fraction of sp³-hybridized carbons (Fsp3) is 0.467. The molecule has 0 aliphatic heterocycles. The summed E-state index contributed by atoms with van der Waals surface area (Å²) in [6.07, 6.45) is 1.15. The minimum Gasteiger partial charge on any atom is -0.381 e. The summed E-state index contributed by atoms with van der Waals surface area (Å²) in [7, 11) is 4.24. The van der Waals surface area contributed by atoms with Gasteiger partial charge in [0.05, 0.1) is 0 Å². The van der Waals surface area contributed by atoms with E-state index in [4.69, 9.17) is 0 Å². The molecule has 0 saturated heterocycles. The van der Waals surface area contributed by atoms with Gasteiger partial charge in [0.2, 0.25) is 0 Å². The summed E-state index contributed by atoms with van der Waals surface area (Å²) in [5.41, 5.74) is 6.11. The van der Waals surface area contributed by atoms with E-state index in [2.05, 4.69) is 64.0 Å². The van der Waals surface area contributed by atoms with Crippen LogP contribution in [0, 0.1) is 0 Å². The van der Waals surface area contributed by atoms with E-state index >= 15 is 0 Å². The molecule has 0 saturated carbocycles. The van der Waals surface area contributed by atoms with Crippen molar-refractivity contribution in [2.75, 3.05) is 14.1 Å². The summed E-state index contributed by atoms with van der Waals surface area (Å²) in [5, 5.41) is 0. The number of allylic oxidation sites excluding steroid dienone is 2. The number of nitrogens with zero attached hydrogens (tertiary/aromatic N) is 1. The average molecular weight is 215 g/mol. The Kier molecular flexibility index (Phi) is 2.57. The molecule has 0 radical (unpaired) electrons. The van der Waals surface area contributed by atoms with Crippen LogP contribution in [0.1, 0.15) is 38.3 Å². The van der Waals surface area contributed by atoms with E-state index in [1.807, 2.05) is 0 Å². The van der Waals surface area contributed by atoms with E-state index in [1.54, 1.807) is 0 Å². The first-order chi connectivity index (χ1) is 7.43. The SMILES string of the molecule is C/C(=C1\CC(C)(C)c2ccccc21)N(C)C. The van der Waals surface area contributed by atoms with E-state index in [9.17, 15) is 0 Å². The van der Waals surface area contributed by atoms with Crippen molar-refractivity contribution >= 4 is 5.57 Å². The minimum absolute atomic E-state index is 0.281. The maximum Gasteiger partial charge on any atom is 0.0135 e. The maximum absolute atomic E-state index is 2.34. The second-order valence-electron chi connectivity index (χ2n) is 5.56. The molecule has 0 N–H and O–H groups in total. The summed E-state index contributed by atoms with van der Waals surface area (Å²) in [4.78, 5) is 2.22. The molecule has 0 fully saturated rings. The largest absolute Gasteiger partial charge is 0.381 e. The highest BCUT2D eigenvalue weighted by molar-refractivity contribution is 5.77. The fourth-order valence-corrected chi connectivity index (χ4v) is 2.56. The molecule has 2 rings (SSSR count). The van der Waals surface area contributed by atoms with Gasteiger partial charge >= 0.3 is 0 Å². The van der Waals surface area contributed by atoms with Crippen LogP contribution in [0.15, 0.2) is 30.0 Å². The first kappa shape index (κ1) is 11.3. The maximum atomic E-state index is 2.34. The Morgan fingerprint density at radius 3 is 2.44 bits per heavy atom. The van der Waals surface area contributed by atoms with Crippen molar-refractivity contribution < 1.29 is 0 Å². The molecule has 1 aliphatic rings. The van der Waals surface area contributed by atoms with Crippen LogP contribution >= 0.6 is 0 Å². The Labute approximate surface area is 98.8 Å². The monoisotopic (exact) mass is 215 g/mol. The lowest BCUT2D eigenvalue weighted by molar-refractivity contribution is 0.507. The molecule has 16 heavy (non-hydrogen) atoms. The number of fused-ring (bicyclic) bond motifs is 1. The first-order valence-electron chi connectivity index (χ1n) is 5.90. The van der Waals surface area contributed by atoms with E-state index in [-0.39, 0.29) is 5.41 Å². The van der Waals surface area contributed by atoms with Crippen molar-refractivity contribution in [1.82, 2.24) is 4.90 Å². The molecule has 0 spiro atoms. The molecule has 0 atom stereocenters. The lowest BCUT2D eigenvalue weighted by Gasteiger charge is -2.19. The van der Waals surface area contributed by atoms with Crippen molar-refractivity contribution in [2.24, 2.45) is 0 Å². The van der Waals surface area contributed by atoms with Gasteiger partial charge < -0.3 is 4.90 Å². The Morgan fingerprint density at radius 2 is 1.81 bits per heavy atom. The molecular weight excluding hydrogens is 194 g/mol. The Hall–Kier alpha value is -1.24. The molecule has 86 valence electrons. The molecule has 0 unspecified atom stereocenters. The standard InChI is InChI=1S/C15H21N/c1-11(16(4)5)13-10-15(2,3)14-9-7-6-8-12(13)14/h6-9H,10H2,1-5H3/b13-11-. The molecule has 0 amide bonds. The van der Waals surface area contributed by atoms with Crippen molar-refractivity contribution in [2.45, 2.75) is 32.6 Å².